The summed E-state index contributed by atoms with van der Waals surface area (Å²) in [6.07, 6.45) is 1.57. The van der Waals surface area contributed by atoms with Gasteiger partial charge in [0.25, 0.3) is 5.56 Å². The number of halogens is 1. The second-order valence-electron chi connectivity index (χ2n) is 5.47. The monoisotopic (exact) mass is 322 g/mol. The molecule has 0 saturated carbocycles. The zero-order chi connectivity index (χ0) is 16.3. The van der Waals surface area contributed by atoms with Crippen molar-refractivity contribution in [3.8, 4) is 0 Å². The molecule has 2 N–H and O–H groups in total. The van der Waals surface area contributed by atoms with Crippen LogP contribution in [0.3, 0.4) is 0 Å². The molecule has 0 bridgehead atoms. The van der Waals surface area contributed by atoms with Gasteiger partial charge in [0.1, 0.15) is 5.15 Å². The standard InChI is InChI=1S/C14H19ClN6O/c1-8(2)7-21-13(15)11(10(4)20-21)6-16-19-14-17-9(3)5-12(22)18-14/h5-6,8H,7H2,1-4H3,(H2,17,18,19,22)/b16-6-. The minimum absolute atomic E-state index is 0.232. The number of aryl methyl sites for hydroxylation is 2. The summed E-state index contributed by atoms with van der Waals surface area (Å²) in [6, 6.07) is 1.41. The molecular formula is C14H19ClN6O. The third-order valence-electron chi connectivity index (χ3n) is 2.88. The van der Waals surface area contributed by atoms with Crippen LogP contribution in [0.5, 0.6) is 0 Å². The summed E-state index contributed by atoms with van der Waals surface area (Å²) in [5.41, 5.74) is 4.60. The SMILES string of the molecule is Cc1cc(=O)[nH]c(N/N=C\c2c(C)nn(CC(C)C)c2Cl)n1. The summed E-state index contributed by atoms with van der Waals surface area (Å²) in [5, 5.41) is 9.00. The number of anilines is 1. The second kappa shape index (κ2) is 6.74. The van der Waals surface area contributed by atoms with Gasteiger partial charge in [-0.3, -0.25) is 14.5 Å². The number of hydrazone groups is 1. The van der Waals surface area contributed by atoms with E-state index in [0.717, 1.165) is 17.8 Å². The number of hydrogen-bond donors (Lipinski definition) is 2. The predicted octanol–water partition coefficient (Wildman–Crippen LogP) is 2.34. The van der Waals surface area contributed by atoms with Crippen LogP contribution in [0.25, 0.3) is 0 Å². The number of aromatic nitrogens is 4. The first-order valence-electron chi connectivity index (χ1n) is 6.96. The highest BCUT2D eigenvalue weighted by atomic mass is 35.5. The third-order valence-corrected chi connectivity index (χ3v) is 3.28. The average Bonchev–Trinajstić information content (AvgIpc) is 2.64. The van der Waals surface area contributed by atoms with Crippen LogP contribution < -0.4 is 11.0 Å². The van der Waals surface area contributed by atoms with Crippen LogP contribution in [-0.2, 0) is 6.54 Å². The molecule has 7 nitrogen and oxygen atoms in total. The van der Waals surface area contributed by atoms with Gasteiger partial charge in [-0.2, -0.15) is 10.2 Å². The van der Waals surface area contributed by atoms with E-state index >= 15 is 0 Å². The van der Waals surface area contributed by atoms with Gasteiger partial charge in [0.2, 0.25) is 5.95 Å². The van der Waals surface area contributed by atoms with Gasteiger partial charge in [-0.15, -0.1) is 0 Å². The molecule has 0 aliphatic rings. The van der Waals surface area contributed by atoms with Crippen LogP contribution in [0.15, 0.2) is 16.0 Å². The van der Waals surface area contributed by atoms with E-state index in [0.29, 0.717) is 16.8 Å². The molecule has 22 heavy (non-hydrogen) atoms. The predicted molar refractivity (Wildman–Crippen MR) is 87.6 cm³/mol. The first-order valence-corrected chi connectivity index (χ1v) is 7.34. The van der Waals surface area contributed by atoms with Gasteiger partial charge < -0.3 is 0 Å². The summed E-state index contributed by atoms with van der Waals surface area (Å²) in [7, 11) is 0. The molecule has 0 spiro atoms. The minimum atomic E-state index is -0.232. The number of aromatic amines is 1. The first-order chi connectivity index (χ1) is 10.4. The van der Waals surface area contributed by atoms with Crippen LogP contribution in [0.4, 0.5) is 5.95 Å². The molecule has 0 saturated heterocycles. The maximum atomic E-state index is 11.3. The summed E-state index contributed by atoms with van der Waals surface area (Å²) in [6.45, 7) is 8.55. The molecule has 0 atom stereocenters. The summed E-state index contributed by atoms with van der Waals surface area (Å²) in [5.74, 6) is 0.728. The zero-order valence-corrected chi connectivity index (χ0v) is 13.8. The normalized spacial score (nSPS) is 11.5. The van der Waals surface area contributed by atoms with Crippen LogP contribution in [0.2, 0.25) is 5.15 Å². The number of nitrogens with one attached hydrogen (secondary N) is 2. The molecule has 2 aromatic heterocycles. The topological polar surface area (TPSA) is 88.0 Å². The summed E-state index contributed by atoms with van der Waals surface area (Å²) < 4.78 is 1.76. The van der Waals surface area contributed by atoms with Crippen LogP contribution in [0.1, 0.15) is 30.8 Å². The fourth-order valence-corrected chi connectivity index (χ4v) is 2.26. The summed E-state index contributed by atoms with van der Waals surface area (Å²) >= 11 is 6.31. The number of hydrogen-bond acceptors (Lipinski definition) is 5. The van der Waals surface area contributed by atoms with Crippen molar-refractivity contribution in [2.75, 3.05) is 5.43 Å². The van der Waals surface area contributed by atoms with E-state index in [2.05, 4.69) is 39.4 Å². The lowest BCUT2D eigenvalue weighted by molar-refractivity contribution is 0.482. The zero-order valence-electron chi connectivity index (χ0n) is 13.0. The number of nitrogens with zero attached hydrogens (tertiary/aromatic N) is 4. The molecule has 0 aliphatic heterocycles. The van der Waals surface area contributed by atoms with Crippen molar-refractivity contribution in [2.45, 2.75) is 34.2 Å². The third kappa shape index (κ3) is 3.94. The van der Waals surface area contributed by atoms with Gasteiger partial charge in [-0.05, 0) is 19.8 Å². The van der Waals surface area contributed by atoms with Gasteiger partial charge in [-0.25, -0.2) is 10.4 Å². The Morgan fingerprint density at radius 1 is 1.50 bits per heavy atom. The highest BCUT2D eigenvalue weighted by Crippen LogP contribution is 2.19. The van der Waals surface area contributed by atoms with Crippen molar-refractivity contribution in [1.29, 1.82) is 0 Å². The Kier molecular flexibility index (Phi) is 4.97. The quantitative estimate of drug-likeness (QED) is 0.653. The van der Waals surface area contributed by atoms with Crippen molar-refractivity contribution < 1.29 is 0 Å². The van der Waals surface area contributed by atoms with Crippen molar-refractivity contribution in [1.82, 2.24) is 19.7 Å². The largest absolute Gasteiger partial charge is 0.291 e. The minimum Gasteiger partial charge on any atom is -0.291 e. The highest BCUT2D eigenvalue weighted by Gasteiger charge is 2.12. The van der Waals surface area contributed by atoms with E-state index in [9.17, 15) is 4.79 Å². The average molecular weight is 323 g/mol. The molecule has 8 heteroatoms. The Labute approximate surface area is 133 Å². The van der Waals surface area contributed by atoms with Crippen LogP contribution in [-0.4, -0.2) is 26.0 Å². The van der Waals surface area contributed by atoms with Crippen molar-refractivity contribution in [2.24, 2.45) is 11.0 Å². The molecule has 0 unspecified atom stereocenters. The molecule has 0 aliphatic carbocycles. The van der Waals surface area contributed by atoms with Crippen LogP contribution in [0, 0.1) is 19.8 Å². The van der Waals surface area contributed by atoms with Crippen molar-refractivity contribution in [3.63, 3.8) is 0 Å². The van der Waals surface area contributed by atoms with Gasteiger partial charge in [0, 0.05) is 18.3 Å². The Hall–Kier alpha value is -2.15. The Morgan fingerprint density at radius 2 is 2.23 bits per heavy atom. The van der Waals surface area contributed by atoms with Gasteiger partial charge in [0.05, 0.1) is 17.5 Å². The van der Waals surface area contributed by atoms with E-state index in [1.165, 1.54) is 6.07 Å². The van der Waals surface area contributed by atoms with E-state index in [1.54, 1.807) is 17.8 Å². The highest BCUT2D eigenvalue weighted by molar-refractivity contribution is 6.32. The van der Waals surface area contributed by atoms with E-state index < -0.39 is 0 Å². The summed E-state index contributed by atoms with van der Waals surface area (Å²) in [4.78, 5) is 18.0. The molecule has 2 heterocycles. The molecule has 2 rings (SSSR count). The van der Waals surface area contributed by atoms with Crippen molar-refractivity contribution >= 4 is 23.8 Å². The maximum Gasteiger partial charge on any atom is 0.252 e. The van der Waals surface area contributed by atoms with Gasteiger partial charge >= 0.3 is 0 Å². The smallest absolute Gasteiger partial charge is 0.252 e. The Bertz CT molecular complexity index is 746. The molecule has 2 aromatic rings. The van der Waals surface area contributed by atoms with E-state index in [-0.39, 0.29) is 11.5 Å². The Balaban J connectivity index is 2.16. The Morgan fingerprint density at radius 3 is 2.86 bits per heavy atom. The fourth-order valence-electron chi connectivity index (χ4n) is 1.97. The lowest BCUT2D eigenvalue weighted by atomic mass is 10.2. The lowest BCUT2D eigenvalue weighted by Gasteiger charge is -2.05. The van der Waals surface area contributed by atoms with Gasteiger partial charge in [-0.1, -0.05) is 25.4 Å². The molecule has 118 valence electrons. The molecule has 0 fully saturated rings. The molecular weight excluding hydrogens is 304 g/mol. The van der Waals surface area contributed by atoms with Gasteiger partial charge in [0.15, 0.2) is 0 Å². The lowest BCUT2D eigenvalue weighted by Crippen LogP contribution is -2.10. The van der Waals surface area contributed by atoms with Crippen LogP contribution >= 0.6 is 11.6 Å². The number of H-pyrrole nitrogens is 1. The van der Waals surface area contributed by atoms with Crippen molar-refractivity contribution in [3.05, 3.63) is 38.5 Å². The van der Waals surface area contributed by atoms with E-state index in [4.69, 9.17) is 11.6 Å². The first kappa shape index (κ1) is 16.2. The second-order valence-corrected chi connectivity index (χ2v) is 5.83. The molecule has 0 amide bonds. The number of rotatable bonds is 5. The fraction of sp³-hybridized carbons (Fsp3) is 0.429. The maximum absolute atomic E-state index is 11.3. The van der Waals surface area contributed by atoms with E-state index in [1.807, 2.05) is 6.92 Å². The molecule has 0 aromatic carbocycles. The molecule has 0 radical (unpaired) electrons.